The maximum absolute atomic E-state index is 5.89. The van der Waals surface area contributed by atoms with E-state index in [2.05, 4.69) is 23.8 Å². The zero-order chi connectivity index (χ0) is 12.3. The standard InChI is InChI=1S/C12H13ClN2OS/c1-8(2)12-15-9(7-17-12)6-16-10-4-3-5-14-11(10)13/h3-5,7-8H,6H2,1-2H3. The Labute approximate surface area is 109 Å². The predicted molar refractivity (Wildman–Crippen MR) is 69.8 cm³/mol. The van der Waals surface area contributed by atoms with Crippen LogP contribution in [0.1, 0.15) is 30.5 Å². The van der Waals surface area contributed by atoms with Gasteiger partial charge >= 0.3 is 0 Å². The molecule has 0 aromatic carbocycles. The molecule has 0 saturated carbocycles. The highest BCUT2D eigenvalue weighted by molar-refractivity contribution is 7.09. The first-order valence-electron chi connectivity index (χ1n) is 5.34. The third kappa shape index (κ3) is 3.17. The molecular formula is C12H13ClN2OS. The molecular weight excluding hydrogens is 256 g/mol. The second kappa shape index (κ2) is 5.47. The Bertz CT molecular complexity index is 499. The molecule has 17 heavy (non-hydrogen) atoms. The van der Waals surface area contributed by atoms with Crippen LogP contribution in [0.25, 0.3) is 0 Å². The van der Waals surface area contributed by atoms with E-state index in [9.17, 15) is 0 Å². The minimum absolute atomic E-state index is 0.381. The largest absolute Gasteiger partial charge is 0.484 e. The average Bonchev–Trinajstić information content (AvgIpc) is 2.77. The molecule has 2 heterocycles. The van der Waals surface area contributed by atoms with Gasteiger partial charge in [0.1, 0.15) is 6.61 Å². The zero-order valence-corrected chi connectivity index (χ0v) is 11.3. The van der Waals surface area contributed by atoms with Gasteiger partial charge < -0.3 is 4.74 Å². The molecule has 0 radical (unpaired) electrons. The van der Waals surface area contributed by atoms with Crippen molar-refractivity contribution in [1.82, 2.24) is 9.97 Å². The van der Waals surface area contributed by atoms with Crippen LogP contribution < -0.4 is 4.74 Å². The number of hydrogen-bond acceptors (Lipinski definition) is 4. The second-order valence-electron chi connectivity index (χ2n) is 3.91. The second-order valence-corrected chi connectivity index (χ2v) is 5.16. The highest BCUT2D eigenvalue weighted by Crippen LogP contribution is 2.23. The van der Waals surface area contributed by atoms with Gasteiger partial charge in [-0.1, -0.05) is 25.4 Å². The lowest BCUT2D eigenvalue weighted by atomic mass is 10.2. The molecule has 0 aliphatic rings. The first kappa shape index (κ1) is 12.3. The number of nitrogens with zero attached hydrogens (tertiary/aromatic N) is 2. The van der Waals surface area contributed by atoms with Crippen LogP contribution in [-0.2, 0) is 6.61 Å². The van der Waals surface area contributed by atoms with E-state index >= 15 is 0 Å². The molecule has 0 aliphatic heterocycles. The lowest BCUT2D eigenvalue weighted by Gasteiger charge is -2.04. The van der Waals surface area contributed by atoms with Crippen molar-refractivity contribution in [3.63, 3.8) is 0 Å². The summed E-state index contributed by atoms with van der Waals surface area (Å²) >= 11 is 7.55. The first-order chi connectivity index (χ1) is 8.16. The summed E-state index contributed by atoms with van der Waals surface area (Å²) in [4.78, 5) is 8.43. The molecule has 2 rings (SSSR count). The summed E-state index contributed by atoms with van der Waals surface area (Å²) in [7, 11) is 0. The van der Waals surface area contributed by atoms with E-state index in [4.69, 9.17) is 16.3 Å². The molecule has 3 nitrogen and oxygen atoms in total. The van der Waals surface area contributed by atoms with Crippen LogP contribution in [0.4, 0.5) is 0 Å². The summed E-state index contributed by atoms with van der Waals surface area (Å²) in [5, 5.41) is 3.52. The molecule has 0 N–H and O–H groups in total. The zero-order valence-electron chi connectivity index (χ0n) is 9.68. The van der Waals surface area contributed by atoms with Crippen LogP contribution >= 0.6 is 22.9 Å². The number of thiazole rings is 1. The maximum Gasteiger partial charge on any atom is 0.171 e. The summed E-state index contributed by atoms with van der Waals surface area (Å²) in [6, 6.07) is 3.59. The highest BCUT2D eigenvalue weighted by atomic mass is 35.5. The molecule has 5 heteroatoms. The van der Waals surface area contributed by atoms with Gasteiger partial charge in [0.25, 0.3) is 0 Å². The van der Waals surface area contributed by atoms with Gasteiger partial charge in [0.15, 0.2) is 10.9 Å². The molecule has 0 saturated heterocycles. The Kier molecular flexibility index (Phi) is 3.97. The van der Waals surface area contributed by atoms with E-state index < -0.39 is 0 Å². The number of rotatable bonds is 4. The van der Waals surface area contributed by atoms with Gasteiger partial charge in [-0.2, -0.15) is 0 Å². The molecule has 2 aromatic rings. The van der Waals surface area contributed by atoms with Gasteiger partial charge in [-0.05, 0) is 12.1 Å². The SMILES string of the molecule is CC(C)c1nc(COc2cccnc2Cl)cs1. The fourth-order valence-electron chi connectivity index (χ4n) is 1.28. The number of aromatic nitrogens is 2. The quantitative estimate of drug-likeness (QED) is 0.789. The summed E-state index contributed by atoms with van der Waals surface area (Å²) in [5.74, 6) is 1.05. The minimum atomic E-state index is 0.381. The predicted octanol–water partition coefficient (Wildman–Crippen LogP) is 3.89. The number of halogens is 1. The molecule has 0 fully saturated rings. The number of ether oxygens (including phenoxy) is 1. The lowest BCUT2D eigenvalue weighted by Crippen LogP contribution is -1.97. The Hall–Kier alpha value is -1.13. The summed E-state index contributed by atoms with van der Waals surface area (Å²) in [6.45, 7) is 4.68. The average molecular weight is 269 g/mol. The highest BCUT2D eigenvalue weighted by Gasteiger charge is 2.07. The summed E-state index contributed by atoms with van der Waals surface area (Å²) in [5.41, 5.74) is 0.929. The Morgan fingerprint density at radius 2 is 2.29 bits per heavy atom. The van der Waals surface area contributed by atoms with Gasteiger partial charge in [0.2, 0.25) is 0 Å². The van der Waals surface area contributed by atoms with Crippen molar-refractivity contribution < 1.29 is 4.74 Å². The van der Waals surface area contributed by atoms with Gasteiger partial charge in [-0.25, -0.2) is 9.97 Å². The van der Waals surface area contributed by atoms with Gasteiger partial charge in [-0.3, -0.25) is 0 Å². The van der Waals surface area contributed by atoms with Gasteiger partial charge in [-0.15, -0.1) is 11.3 Å². The molecule has 0 spiro atoms. The van der Waals surface area contributed by atoms with Crippen LogP contribution in [0.2, 0.25) is 5.15 Å². The van der Waals surface area contributed by atoms with Crippen molar-refractivity contribution in [3.8, 4) is 5.75 Å². The normalized spacial score (nSPS) is 10.8. The molecule has 0 aliphatic carbocycles. The van der Waals surface area contributed by atoms with Crippen LogP contribution in [-0.4, -0.2) is 9.97 Å². The van der Waals surface area contributed by atoms with Crippen molar-refractivity contribution in [2.24, 2.45) is 0 Å². The van der Waals surface area contributed by atoms with Crippen molar-refractivity contribution in [2.45, 2.75) is 26.4 Å². The Balaban J connectivity index is 2.00. The summed E-state index contributed by atoms with van der Waals surface area (Å²) in [6.07, 6.45) is 1.63. The smallest absolute Gasteiger partial charge is 0.171 e. The van der Waals surface area contributed by atoms with Crippen LogP contribution in [0, 0.1) is 0 Å². The van der Waals surface area contributed by atoms with E-state index in [0.29, 0.717) is 23.4 Å². The molecule has 2 aromatic heterocycles. The summed E-state index contributed by atoms with van der Waals surface area (Å²) < 4.78 is 5.57. The van der Waals surface area contributed by atoms with Crippen LogP contribution in [0.5, 0.6) is 5.75 Å². The third-order valence-electron chi connectivity index (χ3n) is 2.16. The van der Waals surface area contributed by atoms with E-state index in [-0.39, 0.29) is 0 Å². The van der Waals surface area contributed by atoms with E-state index in [0.717, 1.165) is 10.7 Å². The van der Waals surface area contributed by atoms with Gasteiger partial charge in [0, 0.05) is 17.5 Å². The van der Waals surface area contributed by atoms with E-state index in [1.807, 2.05) is 5.38 Å². The van der Waals surface area contributed by atoms with E-state index in [1.165, 1.54) is 0 Å². The third-order valence-corrected chi connectivity index (χ3v) is 3.64. The number of hydrogen-bond donors (Lipinski definition) is 0. The van der Waals surface area contributed by atoms with Crippen LogP contribution in [0.15, 0.2) is 23.7 Å². The fourth-order valence-corrected chi connectivity index (χ4v) is 2.28. The molecule has 0 atom stereocenters. The van der Waals surface area contributed by atoms with Crippen LogP contribution in [0.3, 0.4) is 0 Å². The molecule has 0 unspecified atom stereocenters. The number of pyridine rings is 1. The van der Waals surface area contributed by atoms with Gasteiger partial charge in [0.05, 0.1) is 10.7 Å². The minimum Gasteiger partial charge on any atom is -0.484 e. The van der Waals surface area contributed by atoms with Crippen molar-refractivity contribution >= 4 is 22.9 Å². The Morgan fingerprint density at radius 1 is 1.47 bits per heavy atom. The molecule has 0 bridgehead atoms. The first-order valence-corrected chi connectivity index (χ1v) is 6.60. The van der Waals surface area contributed by atoms with E-state index in [1.54, 1.807) is 29.7 Å². The van der Waals surface area contributed by atoms with Crippen molar-refractivity contribution in [1.29, 1.82) is 0 Å². The topological polar surface area (TPSA) is 35.0 Å². The fraction of sp³-hybridized carbons (Fsp3) is 0.333. The van der Waals surface area contributed by atoms with Crippen molar-refractivity contribution in [2.75, 3.05) is 0 Å². The Morgan fingerprint density at radius 3 is 2.94 bits per heavy atom. The molecule has 0 amide bonds. The monoisotopic (exact) mass is 268 g/mol. The van der Waals surface area contributed by atoms with Crippen molar-refractivity contribution in [3.05, 3.63) is 39.6 Å². The maximum atomic E-state index is 5.89. The molecule has 90 valence electrons. The lowest BCUT2D eigenvalue weighted by molar-refractivity contribution is 0.301.